The lowest BCUT2D eigenvalue weighted by Crippen LogP contribution is -2.20. The lowest BCUT2D eigenvalue weighted by Gasteiger charge is -2.11. The quantitative estimate of drug-likeness (QED) is 0.490. The molecular formula is C22H27NO4. The van der Waals surface area contributed by atoms with E-state index in [1.807, 2.05) is 31.2 Å². The average Bonchev–Trinajstić information content (AvgIpc) is 2.70. The Balaban J connectivity index is 1.81. The molecule has 1 N–H and O–H groups in total. The number of unbranched alkanes of at least 4 members (excludes halogenated alkanes) is 2. The first-order valence-corrected chi connectivity index (χ1v) is 9.41. The molecule has 0 aromatic heterocycles. The zero-order valence-corrected chi connectivity index (χ0v) is 16.0. The molecule has 0 radical (unpaired) electrons. The highest BCUT2D eigenvalue weighted by Crippen LogP contribution is 2.18. The fraction of sp³-hybridized carbons (Fsp3) is 0.364. The van der Waals surface area contributed by atoms with Gasteiger partial charge in [-0.15, -0.1) is 0 Å². The Morgan fingerprint density at radius 1 is 0.963 bits per heavy atom. The minimum atomic E-state index is -0.344. The van der Waals surface area contributed by atoms with Crippen LogP contribution in [0.4, 0.5) is 5.69 Å². The number of carbonyl (C=O) groups is 2. The Hall–Kier alpha value is -2.82. The van der Waals surface area contributed by atoms with Crippen molar-refractivity contribution in [2.75, 3.05) is 18.5 Å². The molecule has 0 aliphatic rings. The first kappa shape index (κ1) is 20.5. The van der Waals surface area contributed by atoms with Gasteiger partial charge in [0, 0.05) is 5.69 Å². The molecule has 0 unspecified atom stereocenters. The summed E-state index contributed by atoms with van der Waals surface area (Å²) >= 11 is 0. The van der Waals surface area contributed by atoms with Crippen LogP contribution in [0.2, 0.25) is 0 Å². The molecule has 0 bridgehead atoms. The van der Waals surface area contributed by atoms with E-state index >= 15 is 0 Å². The predicted molar refractivity (Wildman–Crippen MR) is 106 cm³/mol. The molecule has 5 nitrogen and oxygen atoms in total. The minimum Gasteiger partial charge on any atom is -0.483 e. The molecule has 0 saturated heterocycles. The molecule has 27 heavy (non-hydrogen) atoms. The van der Waals surface area contributed by atoms with Crippen molar-refractivity contribution in [1.82, 2.24) is 0 Å². The molecule has 0 aliphatic carbocycles. The number of aryl methyl sites for hydroxylation is 1. The molecule has 2 aromatic carbocycles. The number of ether oxygens (including phenoxy) is 2. The first-order valence-electron chi connectivity index (χ1n) is 9.41. The summed E-state index contributed by atoms with van der Waals surface area (Å²) in [6, 6.07) is 14.3. The molecule has 0 saturated carbocycles. The van der Waals surface area contributed by atoms with Crippen LogP contribution < -0.4 is 10.1 Å². The first-order chi connectivity index (χ1) is 13.1. The number of anilines is 1. The molecule has 0 fully saturated rings. The van der Waals surface area contributed by atoms with Crippen LogP contribution >= 0.6 is 0 Å². The Morgan fingerprint density at radius 3 is 2.41 bits per heavy atom. The number of nitrogens with one attached hydrogen (secondary N) is 1. The van der Waals surface area contributed by atoms with Gasteiger partial charge in [-0.25, -0.2) is 4.79 Å². The van der Waals surface area contributed by atoms with Crippen molar-refractivity contribution < 1.29 is 19.1 Å². The zero-order valence-electron chi connectivity index (χ0n) is 16.0. The van der Waals surface area contributed by atoms with Gasteiger partial charge < -0.3 is 14.8 Å². The summed E-state index contributed by atoms with van der Waals surface area (Å²) in [4.78, 5) is 24.0. The second kappa shape index (κ2) is 11.0. The maximum atomic E-state index is 12.1. The second-order valence-electron chi connectivity index (χ2n) is 6.22. The summed E-state index contributed by atoms with van der Waals surface area (Å²) in [5.41, 5.74) is 2.14. The number of amides is 1. The van der Waals surface area contributed by atoms with Crippen molar-refractivity contribution in [3.05, 3.63) is 59.7 Å². The van der Waals surface area contributed by atoms with Crippen molar-refractivity contribution >= 4 is 17.6 Å². The number of esters is 1. The van der Waals surface area contributed by atoms with E-state index < -0.39 is 0 Å². The van der Waals surface area contributed by atoms with Gasteiger partial charge >= 0.3 is 5.97 Å². The SMILES string of the molecule is CCCCCOC(=O)c1ccc(NC(=O)COc2ccccc2CC)cc1. The van der Waals surface area contributed by atoms with Crippen molar-refractivity contribution in [2.45, 2.75) is 39.5 Å². The Morgan fingerprint density at radius 2 is 1.70 bits per heavy atom. The summed E-state index contributed by atoms with van der Waals surface area (Å²) in [5.74, 6) is 0.121. The highest BCUT2D eigenvalue weighted by molar-refractivity contribution is 5.93. The number of hydrogen-bond acceptors (Lipinski definition) is 4. The van der Waals surface area contributed by atoms with Crippen LogP contribution in [0, 0.1) is 0 Å². The number of benzene rings is 2. The molecule has 2 aromatic rings. The molecule has 5 heteroatoms. The molecule has 0 atom stereocenters. The normalized spacial score (nSPS) is 10.3. The number of carbonyl (C=O) groups excluding carboxylic acids is 2. The highest BCUT2D eigenvalue weighted by Gasteiger charge is 2.09. The van der Waals surface area contributed by atoms with Crippen LogP contribution in [0.5, 0.6) is 5.75 Å². The number of rotatable bonds is 10. The number of hydrogen-bond donors (Lipinski definition) is 1. The molecule has 1 amide bonds. The van der Waals surface area contributed by atoms with Crippen LogP contribution in [0.15, 0.2) is 48.5 Å². The highest BCUT2D eigenvalue weighted by atomic mass is 16.5. The van der Waals surface area contributed by atoms with Gasteiger partial charge in [-0.3, -0.25) is 4.79 Å². The van der Waals surface area contributed by atoms with Gasteiger partial charge in [0.15, 0.2) is 6.61 Å². The molecular weight excluding hydrogens is 342 g/mol. The van der Waals surface area contributed by atoms with E-state index in [0.717, 1.165) is 37.0 Å². The van der Waals surface area contributed by atoms with Crippen molar-refractivity contribution in [3.8, 4) is 5.75 Å². The average molecular weight is 369 g/mol. The van der Waals surface area contributed by atoms with E-state index in [0.29, 0.717) is 17.9 Å². The molecule has 144 valence electrons. The lowest BCUT2D eigenvalue weighted by molar-refractivity contribution is -0.118. The molecule has 0 spiro atoms. The van der Waals surface area contributed by atoms with Gasteiger partial charge in [-0.1, -0.05) is 44.9 Å². The van der Waals surface area contributed by atoms with E-state index in [1.165, 1.54) is 0 Å². The fourth-order valence-corrected chi connectivity index (χ4v) is 2.57. The van der Waals surface area contributed by atoms with Gasteiger partial charge in [-0.05, 0) is 48.7 Å². The van der Waals surface area contributed by atoms with Crippen molar-refractivity contribution in [3.63, 3.8) is 0 Å². The predicted octanol–water partition coefficient (Wildman–Crippen LogP) is 4.61. The Labute approximate surface area is 160 Å². The zero-order chi connectivity index (χ0) is 19.5. The van der Waals surface area contributed by atoms with E-state index in [-0.39, 0.29) is 18.5 Å². The van der Waals surface area contributed by atoms with Gasteiger partial charge in [0.2, 0.25) is 0 Å². The van der Waals surface area contributed by atoms with E-state index in [9.17, 15) is 9.59 Å². The second-order valence-corrected chi connectivity index (χ2v) is 6.22. The minimum absolute atomic E-state index is 0.0712. The maximum Gasteiger partial charge on any atom is 0.338 e. The standard InChI is InChI=1S/C22H27NO4/c1-3-5-8-15-26-22(25)18-11-13-19(14-12-18)23-21(24)16-27-20-10-7-6-9-17(20)4-2/h6-7,9-14H,3-5,8,15-16H2,1-2H3,(H,23,24). The topological polar surface area (TPSA) is 64.6 Å². The molecule has 0 heterocycles. The fourth-order valence-electron chi connectivity index (χ4n) is 2.57. The Bertz CT molecular complexity index is 740. The summed E-state index contributed by atoms with van der Waals surface area (Å²) in [5, 5.41) is 2.76. The Kier molecular flexibility index (Phi) is 8.36. The largest absolute Gasteiger partial charge is 0.483 e. The summed E-state index contributed by atoms with van der Waals surface area (Å²) in [7, 11) is 0. The van der Waals surface area contributed by atoms with E-state index in [4.69, 9.17) is 9.47 Å². The van der Waals surface area contributed by atoms with Gasteiger partial charge in [-0.2, -0.15) is 0 Å². The van der Waals surface area contributed by atoms with Crippen LogP contribution in [-0.2, 0) is 16.0 Å². The monoisotopic (exact) mass is 369 g/mol. The smallest absolute Gasteiger partial charge is 0.338 e. The third-order valence-corrected chi connectivity index (χ3v) is 4.10. The third-order valence-electron chi connectivity index (χ3n) is 4.10. The van der Waals surface area contributed by atoms with Crippen LogP contribution in [0.3, 0.4) is 0 Å². The maximum absolute atomic E-state index is 12.1. The van der Waals surface area contributed by atoms with Crippen LogP contribution in [0.25, 0.3) is 0 Å². The van der Waals surface area contributed by atoms with Crippen LogP contribution in [0.1, 0.15) is 49.0 Å². The summed E-state index contributed by atoms with van der Waals surface area (Å²) in [6.07, 6.45) is 3.84. The molecule has 2 rings (SSSR count). The summed E-state index contributed by atoms with van der Waals surface area (Å²) in [6.45, 7) is 4.50. The van der Waals surface area contributed by atoms with Crippen molar-refractivity contribution in [2.24, 2.45) is 0 Å². The number of para-hydroxylation sites is 1. The van der Waals surface area contributed by atoms with E-state index in [2.05, 4.69) is 12.2 Å². The lowest BCUT2D eigenvalue weighted by atomic mass is 10.1. The molecule has 0 aliphatic heterocycles. The van der Waals surface area contributed by atoms with Crippen LogP contribution in [-0.4, -0.2) is 25.1 Å². The summed E-state index contributed by atoms with van der Waals surface area (Å²) < 4.78 is 10.8. The van der Waals surface area contributed by atoms with Gasteiger partial charge in [0.05, 0.1) is 12.2 Å². The van der Waals surface area contributed by atoms with E-state index in [1.54, 1.807) is 24.3 Å². The van der Waals surface area contributed by atoms with Gasteiger partial charge in [0.25, 0.3) is 5.91 Å². The van der Waals surface area contributed by atoms with Crippen molar-refractivity contribution in [1.29, 1.82) is 0 Å². The third kappa shape index (κ3) is 6.77. The van der Waals surface area contributed by atoms with Gasteiger partial charge in [0.1, 0.15) is 5.75 Å².